The molecule has 0 saturated heterocycles. The molecule has 0 fully saturated rings. The van der Waals surface area contributed by atoms with E-state index in [1.165, 1.54) is 20.3 Å². The molecule has 0 aromatic rings. The van der Waals surface area contributed by atoms with Gasteiger partial charge < -0.3 is 9.47 Å². The van der Waals surface area contributed by atoms with Gasteiger partial charge in [0.1, 0.15) is 0 Å². The first-order valence-electron chi connectivity index (χ1n) is 6.67. The number of carbonyl (C=O) groups excluding carboxylic acids is 2. The van der Waals surface area contributed by atoms with Crippen LogP contribution in [0.5, 0.6) is 0 Å². The molecule has 21 heavy (non-hydrogen) atoms. The summed E-state index contributed by atoms with van der Waals surface area (Å²) in [5.41, 5.74) is -0.225. The van der Waals surface area contributed by atoms with E-state index in [0.717, 1.165) is 18.4 Å². The van der Waals surface area contributed by atoms with Crippen molar-refractivity contribution >= 4 is 34.5 Å². The second-order valence-corrected chi connectivity index (χ2v) is 5.43. The molecular formula is C16H23IO4. The second-order valence-electron chi connectivity index (χ2n) is 4.71. The summed E-state index contributed by atoms with van der Waals surface area (Å²) in [5, 5.41) is 0. The molecule has 4 nitrogen and oxygen atoms in total. The topological polar surface area (TPSA) is 52.6 Å². The van der Waals surface area contributed by atoms with Crippen molar-refractivity contribution in [3.8, 4) is 0 Å². The summed E-state index contributed by atoms with van der Waals surface area (Å²) in [7, 11) is 2.54. The molecule has 0 radical (unpaired) electrons. The fourth-order valence-electron chi connectivity index (χ4n) is 1.96. The van der Waals surface area contributed by atoms with Crippen LogP contribution in [0.4, 0.5) is 0 Å². The zero-order chi connectivity index (χ0) is 16.3. The Morgan fingerprint density at radius 3 is 2.19 bits per heavy atom. The third kappa shape index (κ3) is 6.03. The van der Waals surface area contributed by atoms with Gasteiger partial charge >= 0.3 is 11.9 Å². The molecule has 0 rings (SSSR count). The summed E-state index contributed by atoms with van der Waals surface area (Å²) in [4.78, 5) is 24.2. The number of halogens is 1. The van der Waals surface area contributed by atoms with E-state index in [-0.39, 0.29) is 12.8 Å². The summed E-state index contributed by atoms with van der Waals surface area (Å²) < 4.78 is 11.6. The van der Waals surface area contributed by atoms with Crippen molar-refractivity contribution < 1.29 is 19.1 Å². The number of hydrogen-bond donors (Lipinski definition) is 0. The minimum atomic E-state index is -1.34. The minimum Gasteiger partial charge on any atom is -0.468 e. The van der Waals surface area contributed by atoms with Gasteiger partial charge in [-0.05, 0) is 36.7 Å². The third-order valence-corrected chi connectivity index (χ3v) is 3.75. The van der Waals surface area contributed by atoms with Crippen molar-refractivity contribution in [3.05, 3.63) is 34.5 Å². The van der Waals surface area contributed by atoms with Crippen molar-refractivity contribution in [2.24, 2.45) is 5.41 Å². The van der Waals surface area contributed by atoms with Crippen LogP contribution in [0.1, 0.15) is 32.6 Å². The maximum absolute atomic E-state index is 12.1. The van der Waals surface area contributed by atoms with E-state index in [2.05, 4.69) is 35.2 Å². The highest BCUT2D eigenvalue weighted by atomic mass is 127. The predicted molar refractivity (Wildman–Crippen MR) is 92.0 cm³/mol. The first-order valence-corrected chi connectivity index (χ1v) is 7.91. The van der Waals surface area contributed by atoms with Gasteiger partial charge in [0, 0.05) is 0 Å². The molecule has 0 heterocycles. The van der Waals surface area contributed by atoms with Gasteiger partial charge in [0.2, 0.25) is 0 Å². The number of rotatable bonds is 9. The molecule has 0 amide bonds. The highest BCUT2D eigenvalue weighted by molar-refractivity contribution is 14.1. The van der Waals surface area contributed by atoms with Crippen LogP contribution in [0, 0.1) is 5.41 Å². The van der Waals surface area contributed by atoms with E-state index in [1.54, 1.807) is 0 Å². The summed E-state index contributed by atoms with van der Waals surface area (Å²) in [6.07, 6.45) is 7.74. The van der Waals surface area contributed by atoms with E-state index in [0.29, 0.717) is 0 Å². The summed E-state index contributed by atoms with van der Waals surface area (Å²) >= 11 is 2.17. The molecule has 0 aliphatic rings. The molecular weight excluding hydrogens is 383 g/mol. The van der Waals surface area contributed by atoms with Crippen LogP contribution < -0.4 is 0 Å². The smallest absolute Gasteiger partial charge is 0.323 e. The molecule has 0 unspecified atom stereocenters. The van der Waals surface area contributed by atoms with Gasteiger partial charge in [0.15, 0.2) is 5.41 Å². The lowest BCUT2D eigenvalue weighted by atomic mass is 9.80. The molecule has 0 aliphatic carbocycles. The van der Waals surface area contributed by atoms with Crippen molar-refractivity contribution in [2.75, 3.05) is 14.2 Å². The number of esters is 2. The van der Waals surface area contributed by atoms with Crippen LogP contribution in [-0.2, 0) is 19.1 Å². The van der Waals surface area contributed by atoms with Crippen LogP contribution in [0.3, 0.4) is 0 Å². The van der Waals surface area contributed by atoms with Gasteiger partial charge in [0.05, 0.1) is 14.2 Å². The molecule has 0 atom stereocenters. The zero-order valence-electron chi connectivity index (χ0n) is 12.9. The van der Waals surface area contributed by atoms with Crippen molar-refractivity contribution in [1.29, 1.82) is 0 Å². The molecule has 0 bridgehead atoms. The zero-order valence-corrected chi connectivity index (χ0v) is 15.0. The standard InChI is InChI=1S/C16H23IO4/c1-5-10-16(14(18)20-3,15(19)21-4)11-9-13(2)8-6-7-12-17/h5,7,9,12H,1,6,8,10-11H2,2-4H3/b12-7+,13-9+. The van der Waals surface area contributed by atoms with Crippen LogP contribution in [0.15, 0.2) is 34.5 Å². The normalized spacial score (nSPS) is 12.3. The Morgan fingerprint density at radius 2 is 1.76 bits per heavy atom. The Balaban J connectivity index is 5.21. The number of methoxy groups -OCH3 is 2. The lowest BCUT2D eigenvalue weighted by Gasteiger charge is -2.26. The molecule has 0 aromatic carbocycles. The van der Waals surface area contributed by atoms with E-state index in [1.807, 2.05) is 17.1 Å². The van der Waals surface area contributed by atoms with E-state index >= 15 is 0 Å². The van der Waals surface area contributed by atoms with Gasteiger partial charge in [-0.15, -0.1) is 6.58 Å². The average Bonchev–Trinajstić information content (AvgIpc) is 2.50. The number of ether oxygens (including phenoxy) is 2. The van der Waals surface area contributed by atoms with Gasteiger partial charge in [-0.2, -0.15) is 0 Å². The molecule has 0 aliphatic heterocycles. The van der Waals surface area contributed by atoms with Crippen LogP contribution in [0.25, 0.3) is 0 Å². The van der Waals surface area contributed by atoms with Crippen LogP contribution >= 0.6 is 22.6 Å². The highest BCUT2D eigenvalue weighted by Gasteiger charge is 2.46. The van der Waals surface area contributed by atoms with E-state index in [4.69, 9.17) is 9.47 Å². The molecule has 0 spiro atoms. The predicted octanol–water partition coefficient (Wildman–Crippen LogP) is 3.96. The lowest BCUT2D eigenvalue weighted by molar-refractivity contribution is -0.168. The van der Waals surface area contributed by atoms with E-state index in [9.17, 15) is 9.59 Å². The first kappa shape index (κ1) is 19.9. The third-order valence-electron chi connectivity index (χ3n) is 3.24. The van der Waals surface area contributed by atoms with Crippen molar-refractivity contribution in [1.82, 2.24) is 0 Å². The number of carbonyl (C=O) groups is 2. The average molecular weight is 406 g/mol. The van der Waals surface area contributed by atoms with Crippen LogP contribution in [-0.4, -0.2) is 26.2 Å². The fourth-order valence-corrected chi connectivity index (χ4v) is 2.32. The van der Waals surface area contributed by atoms with Gasteiger partial charge in [0.25, 0.3) is 0 Å². The first-order chi connectivity index (χ1) is 9.98. The monoisotopic (exact) mass is 406 g/mol. The van der Waals surface area contributed by atoms with Crippen molar-refractivity contribution in [2.45, 2.75) is 32.6 Å². The molecule has 5 heteroatoms. The SMILES string of the molecule is C=CCC(C/C=C(\C)CC/C=C/I)(C(=O)OC)C(=O)OC. The van der Waals surface area contributed by atoms with Gasteiger partial charge in [-0.25, -0.2) is 0 Å². The number of hydrogen-bond acceptors (Lipinski definition) is 4. The van der Waals surface area contributed by atoms with E-state index < -0.39 is 17.4 Å². The Bertz CT molecular complexity index is 408. The summed E-state index contributed by atoms with van der Waals surface area (Å²) in [6, 6.07) is 0. The maximum atomic E-state index is 12.1. The minimum absolute atomic E-state index is 0.184. The fraction of sp³-hybridized carbons (Fsp3) is 0.500. The van der Waals surface area contributed by atoms with Crippen LogP contribution in [0.2, 0.25) is 0 Å². The second kappa shape index (κ2) is 10.6. The molecule has 0 N–H and O–H groups in total. The van der Waals surface area contributed by atoms with Crippen molar-refractivity contribution in [3.63, 3.8) is 0 Å². The Labute approximate surface area is 140 Å². The molecule has 0 aromatic heterocycles. The Kier molecular flexibility index (Phi) is 10.0. The molecule has 0 saturated carbocycles. The summed E-state index contributed by atoms with van der Waals surface area (Å²) in [6.45, 7) is 5.60. The van der Waals surface area contributed by atoms with Gasteiger partial charge in [-0.3, -0.25) is 9.59 Å². The summed E-state index contributed by atoms with van der Waals surface area (Å²) in [5.74, 6) is -1.18. The highest BCUT2D eigenvalue weighted by Crippen LogP contribution is 2.32. The largest absolute Gasteiger partial charge is 0.468 e. The van der Waals surface area contributed by atoms with Gasteiger partial charge in [-0.1, -0.05) is 46.4 Å². The molecule has 118 valence electrons. The lowest BCUT2D eigenvalue weighted by Crippen LogP contribution is -2.40. The Hall–Kier alpha value is -1.11. The Morgan fingerprint density at radius 1 is 1.19 bits per heavy atom. The number of allylic oxidation sites excluding steroid dienone is 4. The quantitative estimate of drug-likeness (QED) is 0.252. The maximum Gasteiger partial charge on any atom is 0.323 e.